The zero-order valence-electron chi connectivity index (χ0n) is 17.0. The molecule has 2 aromatic carbocycles. The Balaban J connectivity index is 1.67. The van der Waals surface area contributed by atoms with Crippen LogP contribution in [-0.2, 0) is 21.1 Å². The highest BCUT2D eigenvalue weighted by atomic mass is 32.2. The third kappa shape index (κ3) is 4.19. The van der Waals surface area contributed by atoms with E-state index < -0.39 is 17.1 Å². The number of benzene rings is 2. The number of hydrogen-bond acceptors (Lipinski definition) is 6. The first-order chi connectivity index (χ1) is 14.3. The van der Waals surface area contributed by atoms with Gasteiger partial charge in [-0.1, -0.05) is 44.2 Å². The molecule has 0 bridgehead atoms. The van der Waals surface area contributed by atoms with E-state index in [0.717, 1.165) is 29.4 Å². The van der Waals surface area contributed by atoms with Gasteiger partial charge in [0, 0.05) is 18.7 Å². The molecule has 0 saturated carbocycles. The molecule has 156 valence electrons. The Morgan fingerprint density at radius 2 is 2.10 bits per heavy atom. The van der Waals surface area contributed by atoms with E-state index in [0.29, 0.717) is 24.6 Å². The van der Waals surface area contributed by atoms with Gasteiger partial charge in [-0.3, -0.25) is 0 Å². The van der Waals surface area contributed by atoms with Gasteiger partial charge in [-0.05, 0) is 47.5 Å². The largest absolute Gasteiger partial charge is 0.491 e. The van der Waals surface area contributed by atoms with Crippen molar-refractivity contribution in [2.75, 3.05) is 13.2 Å². The molecule has 2 aliphatic heterocycles. The van der Waals surface area contributed by atoms with Gasteiger partial charge in [-0.2, -0.15) is 13.5 Å². The van der Waals surface area contributed by atoms with Gasteiger partial charge in [0.25, 0.3) is 10.0 Å². The second kappa shape index (κ2) is 8.33. The van der Waals surface area contributed by atoms with Crippen molar-refractivity contribution in [1.29, 1.82) is 0 Å². The molecule has 0 aliphatic carbocycles. The van der Waals surface area contributed by atoms with Crippen molar-refractivity contribution >= 4 is 34.7 Å². The van der Waals surface area contributed by atoms with Crippen molar-refractivity contribution in [2.45, 2.75) is 31.6 Å². The van der Waals surface area contributed by atoms with Crippen molar-refractivity contribution in [3.8, 4) is 0 Å². The molecule has 0 aromatic heterocycles. The molecule has 0 atom stereocenters. The summed E-state index contributed by atoms with van der Waals surface area (Å²) < 4.78 is 34.3. The summed E-state index contributed by atoms with van der Waals surface area (Å²) in [5.41, 5.74) is 3.25. The minimum atomic E-state index is -3.71. The maximum atomic E-state index is 12.5. The smallest absolute Gasteiger partial charge is 0.423 e. The third-order valence-corrected chi connectivity index (χ3v) is 6.37. The number of hydrazone groups is 1. The van der Waals surface area contributed by atoms with Crippen LogP contribution in [0.15, 0.2) is 56.9 Å². The molecular weight excluding hydrogens is 401 g/mol. The van der Waals surface area contributed by atoms with Gasteiger partial charge in [0.2, 0.25) is 0 Å². The van der Waals surface area contributed by atoms with E-state index in [9.17, 15) is 13.4 Å². The van der Waals surface area contributed by atoms with Crippen LogP contribution >= 0.6 is 0 Å². The van der Waals surface area contributed by atoms with Gasteiger partial charge < -0.3 is 9.68 Å². The van der Waals surface area contributed by atoms with Crippen molar-refractivity contribution < 1.29 is 18.1 Å². The zero-order chi connectivity index (χ0) is 21.3. The molecule has 0 saturated heterocycles. The minimum absolute atomic E-state index is 0.211. The summed E-state index contributed by atoms with van der Waals surface area (Å²) in [6.07, 6.45) is 3.37. The van der Waals surface area contributed by atoms with Crippen LogP contribution in [0.5, 0.6) is 0 Å². The molecule has 0 unspecified atom stereocenters. The van der Waals surface area contributed by atoms with Crippen molar-refractivity contribution in [2.24, 2.45) is 15.4 Å². The molecule has 2 aliphatic rings. The Bertz CT molecular complexity index is 1110. The molecule has 0 spiro atoms. The van der Waals surface area contributed by atoms with Gasteiger partial charge in [-0.15, -0.1) is 4.40 Å². The van der Waals surface area contributed by atoms with Crippen LogP contribution in [0.3, 0.4) is 0 Å². The van der Waals surface area contributed by atoms with Gasteiger partial charge in [0.15, 0.2) is 5.84 Å². The maximum Gasteiger partial charge on any atom is 0.491 e. The molecule has 9 heteroatoms. The molecule has 4 rings (SSSR count). The summed E-state index contributed by atoms with van der Waals surface area (Å²) in [5.74, 6) is 0.591. The second-order valence-electron chi connectivity index (χ2n) is 7.89. The van der Waals surface area contributed by atoms with Gasteiger partial charge in [0.05, 0.1) is 6.21 Å². The molecule has 1 N–H and O–H groups in total. The predicted octanol–water partition coefficient (Wildman–Crippen LogP) is 1.78. The first-order valence-electron chi connectivity index (χ1n) is 10.0. The molecule has 7 nitrogen and oxygen atoms in total. The molecule has 0 radical (unpaired) electrons. The van der Waals surface area contributed by atoms with Crippen LogP contribution in [0.1, 0.15) is 37.0 Å². The Kier molecular flexibility index (Phi) is 5.77. The summed E-state index contributed by atoms with van der Waals surface area (Å²) in [4.78, 5) is 0.211. The van der Waals surface area contributed by atoms with E-state index in [1.54, 1.807) is 35.5 Å². The molecular formula is C21H24BN3O4S. The number of amidine groups is 1. The number of sulfonamides is 1. The van der Waals surface area contributed by atoms with E-state index >= 15 is 0 Å². The number of nitrogens with zero attached hydrogens (tertiary/aromatic N) is 3. The predicted molar refractivity (Wildman–Crippen MR) is 118 cm³/mol. The number of fused-ring (bicyclic) bond motifs is 2. The van der Waals surface area contributed by atoms with E-state index in [1.165, 1.54) is 0 Å². The monoisotopic (exact) mass is 425 g/mol. The molecule has 0 amide bonds. The van der Waals surface area contributed by atoms with Crippen molar-refractivity contribution in [3.05, 3.63) is 59.2 Å². The normalized spacial score (nSPS) is 17.6. The summed E-state index contributed by atoms with van der Waals surface area (Å²) >= 11 is 0. The fourth-order valence-electron chi connectivity index (χ4n) is 3.66. The van der Waals surface area contributed by atoms with E-state index in [2.05, 4.69) is 9.50 Å². The first-order valence-corrected chi connectivity index (χ1v) is 11.5. The van der Waals surface area contributed by atoms with Gasteiger partial charge in [0.1, 0.15) is 4.90 Å². The second-order valence-corrected chi connectivity index (χ2v) is 9.46. The Morgan fingerprint density at radius 1 is 1.30 bits per heavy atom. The van der Waals surface area contributed by atoms with Crippen LogP contribution < -0.4 is 5.46 Å². The summed E-state index contributed by atoms with van der Waals surface area (Å²) in [5, 5.41) is 16.3. The molecule has 2 heterocycles. The molecule has 2 aromatic rings. The minimum Gasteiger partial charge on any atom is -0.423 e. The Labute approximate surface area is 177 Å². The van der Waals surface area contributed by atoms with Crippen LogP contribution in [-0.4, -0.2) is 50.8 Å². The Hall–Kier alpha value is -2.49. The highest BCUT2D eigenvalue weighted by Gasteiger charge is 2.32. The summed E-state index contributed by atoms with van der Waals surface area (Å²) in [6, 6.07) is 12.5. The lowest BCUT2D eigenvalue weighted by atomic mass is 9.76. The highest BCUT2D eigenvalue weighted by molar-refractivity contribution is 7.90. The first kappa shape index (κ1) is 20.8. The van der Waals surface area contributed by atoms with Gasteiger partial charge in [-0.25, -0.2) is 5.01 Å². The number of hydrogen-bond donors (Lipinski definition) is 1. The molecule has 30 heavy (non-hydrogen) atoms. The van der Waals surface area contributed by atoms with Gasteiger partial charge >= 0.3 is 7.12 Å². The lowest BCUT2D eigenvalue weighted by Crippen LogP contribution is -2.34. The average Bonchev–Trinajstić information content (AvgIpc) is 2.86. The van der Waals surface area contributed by atoms with Crippen molar-refractivity contribution in [3.63, 3.8) is 0 Å². The van der Waals surface area contributed by atoms with E-state index in [-0.39, 0.29) is 10.8 Å². The lowest BCUT2D eigenvalue weighted by molar-refractivity contribution is 0.270. The van der Waals surface area contributed by atoms with Crippen LogP contribution in [0.2, 0.25) is 0 Å². The fraction of sp³-hybridized carbons (Fsp3) is 0.333. The van der Waals surface area contributed by atoms with E-state index in [1.807, 2.05) is 32.0 Å². The quantitative estimate of drug-likeness (QED) is 0.458. The SMILES string of the molecule is CC(C)CN(/N=C/c1ccc2c(c1)CCCOB2O)C1=NS(=O)(=O)c2ccccc21. The Morgan fingerprint density at radius 3 is 2.90 bits per heavy atom. The summed E-state index contributed by atoms with van der Waals surface area (Å²) in [7, 11) is -4.61. The summed E-state index contributed by atoms with van der Waals surface area (Å²) in [6.45, 7) is 5.14. The van der Waals surface area contributed by atoms with Crippen molar-refractivity contribution in [1.82, 2.24) is 5.01 Å². The average molecular weight is 425 g/mol. The third-order valence-electron chi connectivity index (χ3n) is 5.04. The van der Waals surface area contributed by atoms with Crippen LogP contribution in [0.25, 0.3) is 0 Å². The zero-order valence-corrected chi connectivity index (χ0v) is 17.8. The standard InChI is InChI=1S/C21H24BN3O4S/c1-15(2)14-25(21-18-7-3-4-8-20(18)30(27,28)24-21)23-13-16-9-10-19-17(12-16)6-5-11-29-22(19)26/h3-4,7-10,12-13,15,26H,5-6,11,14H2,1-2H3/b23-13+. The topological polar surface area (TPSA) is 91.6 Å². The lowest BCUT2D eigenvalue weighted by Gasteiger charge is -2.21. The number of aryl methyl sites for hydroxylation is 1. The highest BCUT2D eigenvalue weighted by Crippen LogP contribution is 2.28. The fourth-order valence-corrected chi connectivity index (χ4v) is 4.86. The van der Waals surface area contributed by atoms with E-state index in [4.69, 9.17) is 4.65 Å². The number of rotatable bonds is 4. The van der Waals surface area contributed by atoms with Crippen LogP contribution in [0, 0.1) is 5.92 Å². The van der Waals surface area contributed by atoms with Crippen LogP contribution in [0.4, 0.5) is 0 Å². The maximum absolute atomic E-state index is 12.5. The molecule has 0 fully saturated rings.